The molecular weight excluding hydrogens is 386 g/mol. The van der Waals surface area contributed by atoms with Crippen LogP contribution in [0.25, 0.3) is 0 Å². The fraction of sp³-hybridized carbons (Fsp3) is 0.364. The third-order valence-electron chi connectivity index (χ3n) is 5.60. The molecule has 2 heterocycles. The van der Waals surface area contributed by atoms with E-state index in [1.165, 1.54) is 11.3 Å². The first-order valence-corrected chi connectivity index (χ1v) is 10.7. The lowest BCUT2D eigenvalue weighted by molar-refractivity contribution is -0.120. The standard InChI is InChI=1S/C22H21N3O3S/c1-2-17(25-21(27)14-9-6-7-10-15(14)22(25)28)19(26)24-20-16(12-23)13-8-4-3-5-11-18(13)29-20/h6-7,9-10,17H,2-5,8,11H2,1H3,(H,24,26). The summed E-state index contributed by atoms with van der Waals surface area (Å²) in [4.78, 5) is 40.8. The van der Waals surface area contributed by atoms with Gasteiger partial charge in [-0.1, -0.05) is 25.5 Å². The number of hydrogen-bond donors (Lipinski definition) is 1. The number of thiophene rings is 1. The first-order chi connectivity index (χ1) is 14.1. The van der Waals surface area contributed by atoms with Crippen LogP contribution in [-0.2, 0) is 17.6 Å². The molecule has 1 atom stereocenters. The van der Waals surface area contributed by atoms with Gasteiger partial charge in [0, 0.05) is 4.88 Å². The van der Waals surface area contributed by atoms with Crippen molar-refractivity contribution in [2.45, 2.75) is 51.5 Å². The summed E-state index contributed by atoms with van der Waals surface area (Å²) in [6.45, 7) is 1.77. The SMILES string of the molecule is CCC(C(=O)Nc1sc2c(c1C#N)CCCCC2)N1C(=O)c2ccccc2C1=O. The van der Waals surface area contributed by atoms with E-state index < -0.39 is 23.8 Å². The number of benzene rings is 1. The lowest BCUT2D eigenvalue weighted by Gasteiger charge is -2.24. The van der Waals surface area contributed by atoms with Crippen molar-refractivity contribution >= 4 is 34.1 Å². The quantitative estimate of drug-likeness (QED) is 0.615. The van der Waals surface area contributed by atoms with Gasteiger partial charge in [0.05, 0.1) is 16.7 Å². The Hall–Kier alpha value is -2.98. The van der Waals surface area contributed by atoms with Crippen molar-refractivity contribution in [1.29, 1.82) is 5.26 Å². The monoisotopic (exact) mass is 407 g/mol. The van der Waals surface area contributed by atoms with Gasteiger partial charge in [-0.05, 0) is 49.8 Å². The highest BCUT2D eigenvalue weighted by molar-refractivity contribution is 7.16. The van der Waals surface area contributed by atoms with Gasteiger partial charge in [0.15, 0.2) is 0 Å². The maximum absolute atomic E-state index is 13.1. The average Bonchev–Trinajstić information content (AvgIpc) is 3.05. The zero-order valence-electron chi connectivity index (χ0n) is 16.2. The van der Waals surface area contributed by atoms with E-state index in [9.17, 15) is 19.6 Å². The number of imide groups is 1. The molecule has 3 amide bonds. The Labute approximate surface area is 173 Å². The molecule has 29 heavy (non-hydrogen) atoms. The second-order valence-corrected chi connectivity index (χ2v) is 8.42. The van der Waals surface area contributed by atoms with Crippen LogP contribution in [0.5, 0.6) is 0 Å². The topological polar surface area (TPSA) is 90.3 Å². The highest BCUT2D eigenvalue weighted by Crippen LogP contribution is 2.37. The molecule has 0 radical (unpaired) electrons. The molecule has 1 aromatic heterocycles. The lowest BCUT2D eigenvalue weighted by Crippen LogP contribution is -2.46. The largest absolute Gasteiger partial charge is 0.315 e. The van der Waals surface area contributed by atoms with Crippen LogP contribution in [0.15, 0.2) is 24.3 Å². The minimum Gasteiger partial charge on any atom is -0.315 e. The van der Waals surface area contributed by atoms with Gasteiger partial charge in [0.25, 0.3) is 11.8 Å². The van der Waals surface area contributed by atoms with Gasteiger partial charge in [0.1, 0.15) is 17.1 Å². The van der Waals surface area contributed by atoms with Crippen molar-refractivity contribution in [2.24, 2.45) is 0 Å². The van der Waals surface area contributed by atoms with Gasteiger partial charge in [-0.25, -0.2) is 0 Å². The third kappa shape index (κ3) is 3.23. The highest BCUT2D eigenvalue weighted by atomic mass is 32.1. The van der Waals surface area contributed by atoms with Crippen LogP contribution in [0, 0.1) is 11.3 Å². The summed E-state index contributed by atoms with van der Waals surface area (Å²) in [5, 5.41) is 13.0. The number of amides is 3. The van der Waals surface area contributed by atoms with Crippen LogP contribution >= 0.6 is 11.3 Å². The average molecular weight is 407 g/mol. The molecule has 2 aliphatic rings. The number of aryl methyl sites for hydroxylation is 1. The molecule has 0 bridgehead atoms. The number of carbonyl (C=O) groups is 3. The molecule has 2 aromatic rings. The zero-order chi connectivity index (χ0) is 20.5. The molecule has 148 valence electrons. The number of carbonyl (C=O) groups excluding carboxylic acids is 3. The van der Waals surface area contributed by atoms with Gasteiger partial charge in [-0.3, -0.25) is 19.3 Å². The Morgan fingerprint density at radius 3 is 2.45 bits per heavy atom. The molecular formula is C22H21N3O3S. The van der Waals surface area contributed by atoms with Gasteiger partial charge in [-0.2, -0.15) is 5.26 Å². The molecule has 0 saturated carbocycles. The molecule has 1 aliphatic heterocycles. The number of nitrogens with one attached hydrogen (secondary N) is 1. The summed E-state index contributed by atoms with van der Waals surface area (Å²) in [6.07, 6.45) is 5.33. The van der Waals surface area contributed by atoms with E-state index in [4.69, 9.17) is 0 Å². The maximum Gasteiger partial charge on any atom is 0.262 e. The molecule has 1 aromatic carbocycles. The van der Waals surface area contributed by atoms with Crippen LogP contribution in [0.3, 0.4) is 0 Å². The summed E-state index contributed by atoms with van der Waals surface area (Å²) in [7, 11) is 0. The zero-order valence-corrected chi connectivity index (χ0v) is 17.0. The molecule has 1 unspecified atom stereocenters. The highest BCUT2D eigenvalue weighted by Gasteiger charge is 2.42. The fourth-order valence-electron chi connectivity index (χ4n) is 4.12. The van der Waals surface area contributed by atoms with Crippen molar-refractivity contribution in [3.05, 3.63) is 51.4 Å². The summed E-state index contributed by atoms with van der Waals surface area (Å²) in [6, 6.07) is 7.93. The lowest BCUT2D eigenvalue weighted by atomic mass is 10.1. The second kappa shape index (κ2) is 7.80. The Morgan fingerprint density at radius 2 is 1.83 bits per heavy atom. The Balaban J connectivity index is 1.61. The summed E-state index contributed by atoms with van der Waals surface area (Å²) < 4.78 is 0. The number of hydrogen-bond acceptors (Lipinski definition) is 5. The minimum absolute atomic E-state index is 0.296. The van der Waals surface area contributed by atoms with Gasteiger partial charge in [0.2, 0.25) is 5.91 Å². The normalized spacial score (nSPS) is 16.6. The predicted octanol–water partition coefficient (Wildman–Crippen LogP) is 3.90. The molecule has 0 fully saturated rings. The molecule has 7 heteroatoms. The van der Waals surface area contributed by atoms with Crippen molar-refractivity contribution in [2.75, 3.05) is 5.32 Å². The summed E-state index contributed by atoms with van der Waals surface area (Å²) >= 11 is 1.44. The molecule has 4 rings (SSSR count). The second-order valence-electron chi connectivity index (χ2n) is 7.32. The van der Waals surface area contributed by atoms with Crippen molar-refractivity contribution in [3.8, 4) is 6.07 Å². The van der Waals surface area contributed by atoms with Crippen molar-refractivity contribution in [1.82, 2.24) is 4.90 Å². The van der Waals surface area contributed by atoms with Crippen LogP contribution in [0.1, 0.15) is 69.3 Å². The third-order valence-corrected chi connectivity index (χ3v) is 6.80. The van der Waals surface area contributed by atoms with E-state index in [0.29, 0.717) is 28.1 Å². The smallest absolute Gasteiger partial charge is 0.262 e. The number of nitrogens with zero attached hydrogens (tertiary/aromatic N) is 2. The van der Waals surface area contributed by atoms with Crippen molar-refractivity contribution in [3.63, 3.8) is 0 Å². The number of fused-ring (bicyclic) bond motifs is 2. The molecule has 6 nitrogen and oxygen atoms in total. The van der Waals surface area contributed by atoms with Crippen LogP contribution in [0.4, 0.5) is 5.00 Å². The Bertz CT molecular complexity index is 1020. The number of anilines is 1. The first-order valence-electron chi connectivity index (χ1n) is 9.89. The Kier molecular flexibility index (Phi) is 5.20. The first kappa shape index (κ1) is 19.3. The van der Waals surface area contributed by atoms with Crippen molar-refractivity contribution < 1.29 is 14.4 Å². The van der Waals surface area contributed by atoms with E-state index in [-0.39, 0.29) is 0 Å². The summed E-state index contributed by atoms with van der Waals surface area (Å²) in [5.41, 5.74) is 2.21. The van der Waals surface area contributed by atoms with E-state index in [1.54, 1.807) is 31.2 Å². The van der Waals surface area contributed by atoms with Crippen LogP contribution in [0.2, 0.25) is 0 Å². The van der Waals surface area contributed by atoms with E-state index >= 15 is 0 Å². The van der Waals surface area contributed by atoms with Gasteiger partial charge in [-0.15, -0.1) is 11.3 Å². The molecule has 1 N–H and O–H groups in total. The minimum atomic E-state index is -0.921. The number of nitriles is 1. The Morgan fingerprint density at radius 1 is 1.17 bits per heavy atom. The summed E-state index contributed by atoms with van der Waals surface area (Å²) in [5.74, 6) is -1.33. The molecule has 1 aliphatic carbocycles. The van der Waals surface area contributed by atoms with Gasteiger partial charge >= 0.3 is 0 Å². The molecule has 0 saturated heterocycles. The van der Waals surface area contributed by atoms with Crippen LogP contribution in [-0.4, -0.2) is 28.7 Å². The fourth-order valence-corrected chi connectivity index (χ4v) is 5.36. The van der Waals surface area contributed by atoms with Gasteiger partial charge < -0.3 is 5.32 Å². The van der Waals surface area contributed by atoms with E-state index in [1.807, 2.05) is 0 Å². The molecule has 0 spiro atoms. The maximum atomic E-state index is 13.1. The predicted molar refractivity (Wildman–Crippen MR) is 110 cm³/mol. The number of rotatable bonds is 4. The van der Waals surface area contributed by atoms with E-state index in [0.717, 1.165) is 47.4 Å². The van der Waals surface area contributed by atoms with E-state index in [2.05, 4.69) is 11.4 Å². The van der Waals surface area contributed by atoms with Crippen LogP contribution < -0.4 is 5.32 Å².